The van der Waals surface area contributed by atoms with Crippen LogP contribution in [0, 0.1) is 0 Å². The lowest BCUT2D eigenvalue weighted by Gasteiger charge is -1.95. The summed E-state index contributed by atoms with van der Waals surface area (Å²) in [6.45, 7) is 0.827. The Labute approximate surface area is 73.8 Å². The van der Waals surface area contributed by atoms with Crippen molar-refractivity contribution >= 4 is 11.2 Å². The van der Waals surface area contributed by atoms with Crippen LogP contribution in [0.15, 0.2) is 27.5 Å². The Bertz CT molecular complexity index is 471. The van der Waals surface area contributed by atoms with Gasteiger partial charge in [0.25, 0.3) is 0 Å². The standard InChI is InChI=1S/C8H9N3O2/c9-3-5-11-7-6(13-8(11)12)2-1-4-10-7/h1-2,4H,3,5,9H2. The highest BCUT2D eigenvalue weighted by atomic mass is 16.4. The Kier molecular flexibility index (Phi) is 1.86. The van der Waals surface area contributed by atoms with Gasteiger partial charge in [-0.05, 0) is 12.1 Å². The highest BCUT2D eigenvalue weighted by Crippen LogP contribution is 2.07. The third kappa shape index (κ3) is 1.23. The number of fused-ring (bicyclic) bond motifs is 1. The summed E-state index contributed by atoms with van der Waals surface area (Å²) in [5, 5.41) is 0. The van der Waals surface area contributed by atoms with Crippen molar-refractivity contribution in [2.75, 3.05) is 6.54 Å². The first-order chi connectivity index (χ1) is 6.33. The van der Waals surface area contributed by atoms with Crippen molar-refractivity contribution in [3.63, 3.8) is 0 Å². The van der Waals surface area contributed by atoms with Crippen molar-refractivity contribution in [3.8, 4) is 0 Å². The van der Waals surface area contributed by atoms with E-state index in [9.17, 15) is 4.79 Å². The third-order valence-electron chi connectivity index (χ3n) is 1.78. The van der Waals surface area contributed by atoms with Crippen molar-refractivity contribution in [3.05, 3.63) is 28.9 Å². The molecule has 0 saturated heterocycles. The fourth-order valence-electron chi connectivity index (χ4n) is 1.23. The Morgan fingerprint density at radius 1 is 1.62 bits per heavy atom. The molecule has 2 heterocycles. The average molecular weight is 179 g/mol. The molecule has 13 heavy (non-hydrogen) atoms. The molecular formula is C8H9N3O2. The van der Waals surface area contributed by atoms with Crippen LogP contribution in [0.4, 0.5) is 0 Å². The van der Waals surface area contributed by atoms with E-state index < -0.39 is 5.76 Å². The predicted octanol–water partition coefficient (Wildman–Crippen LogP) is -0.0518. The molecule has 0 aliphatic rings. The largest absolute Gasteiger partial charge is 0.421 e. The van der Waals surface area contributed by atoms with Crippen LogP contribution in [0.5, 0.6) is 0 Å². The van der Waals surface area contributed by atoms with Gasteiger partial charge in [0.2, 0.25) is 0 Å². The summed E-state index contributed by atoms with van der Waals surface area (Å²) in [6.07, 6.45) is 1.62. The van der Waals surface area contributed by atoms with Crippen molar-refractivity contribution in [1.29, 1.82) is 0 Å². The third-order valence-corrected chi connectivity index (χ3v) is 1.78. The molecule has 0 amide bonds. The molecule has 0 unspecified atom stereocenters. The van der Waals surface area contributed by atoms with E-state index in [1.807, 2.05) is 0 Å². The van der Waals surface area contributed by atoms with Crippen molar-refractivity contribution in [2.45, 2.75) is 6.54 Å². The lowest BCUT2D eigenvalue weighted by Crippen LogP contribution is -2.19. The Morgan fingerprint density at radius 2 is 2.46 bits per heavy atom. The van der Waals surface area contributed by atoms with Gasteiger partial charge in [-0.15, -0.1) is 0 Å². The molecule has 0 spiro atoms. The van der Waals surface area contributed by atoms with Crippen LogP contribution in [0.25, 0.3) is 11.2 Å². The Morgan fingerprint density at radius 3 is 3.23 bits per heavy atom. The molecule has 5 heteroatoms. The van der Waals surface area contributed by atoms with E-state index in [0.717, 1.165) is 0 Å². The summed E-state index contributed by atoms with van der Waals surface area (Å²) in [6, 6.07) is 3.43. The van der Waals surface area contributed by atoms with Crippen molar-refractivity contribution in [1.82, 2.24) is 9.55 Å². The van der Waals surface area contributed by atoms with Gasteiger partial charge in [0, 0.05) is 19.3 Å². The summed E-state index contributed by atoms with van der Waals surface area (Å²) in [7, 11) is 0. The summed E-state index contributed by atoms with van der Waals surface area (Å²) in [4.78, 5) is 15.3. The zero-order valence-corrected chi connectivity index (χ0v) is 6.93. The topological polar surface area (TPSA) is 74.0 Å². The van der Waals surface area contributed by atoms with Gasteiger partial charge in [-0.25, -0.2) is 9.78 Å². The van der Waals surface area contributed by atoms with Crippen LogP contribution < -0.4 is 11.5 Å². The van der Waals surface area contributed by atoms with E-state index in [-0.39, 0.29) is 0 Å². The van der Waals surface area contributed by atoms with E-state index >= 15 is 0 Å². The Balaban J connectivity index is 2.71. The Hall–Kier alpha value is -1.62. The van der Waals surface area contributed by atoms with Gasteiger partial charge in [-0.1, -0.05) is 0 Å². The average Bonchev–Trinajstić information content (AvgIpc) is 2.44. The molecule has 2 aromatic rings. The van der Waals surface area contributed by atoms with Gasteiger partial charge in [0.05, 0.1) is 0 Å². The van der Waals surface area contributed by atoms with Crippen molar-refractivity contribution in [2.24, 2.45) is 5.73 Å². The quantitative estimate of drug-likeness (QED) is 0.701. The number of nitrogens with zero attached hydrogens (tertiary/aromatic N) is 2. The maximum atomic E-state index is 11.2. The fraction of sp³-hybridized carbons (Fsp3) is 0.250. The molecule has 0 fully saturated rings. The van der Waals surface area contributed by atoms with E-state index in [4.69, 9.17) is 10.2 Å². The molecule has 0 radical (unpaired) electrons. The second kappa shape index (κ2) is 3.02. The SMILES string of the molecule is NCCn1c(=O)oc2cccnc21. The van der Waals surface area contributed by atoms with E-state index in [1.54, 1.807) is 18.3 Å². The number of hydrogen-bond acceptors (Lipinski definition) is 4. The van der Waals surface area contributed by atoms with E-state index in [1.165, 1.54) is 4.57 Å². The van der Waals surface area contributed by atoms with Gasteiger partial charge >= 0.3 is 5.76 Å². The van der Waals surface area contributed by atoms with E-state index in [0.29, 0.717) is 24.3 Å². The van der Waals surface area contributed by atoms with Crippen LogP contribution in [-0.2, 0) is 6.54 Å². The minimum atomic E-state index is -0.404. The highest BCUT2D eigenvalue weighted by Gasteiger charge is 2.07. The molecule has 0 aromatic carbocycles. The van der Waals surface area contributed by atoms with Crippen LogP contribution in [0.3, 0.4) is 0 Å². The first kappa shape index (κ1) is 8.00. The number of rotatable bonds is 2. The number of hydrogen-bond donors (Lipinski definition) is 1. The second-order valence-electron chi connectivity index (χ2n) is 2.63. The first-order valence-electron chi connectivity index (χ1n) is 3.97. The maximum Gasteiger partial charge on any atom is 0.421 e. The summed E-state index contributed by atoms with van der Waals surface area (Å²) in [5.41, 5.74) is 6.41. The van der Waals surface area contributed by atoms with Crippen LogP contribution in [0.2, 0.25) is 0 Å². The molecule has 0 bridgehead atoms. The van der Waals surface area contributed by atoms with Crippen molar-refractivity contribution < 1.29 is 4.42 Å². The van der Waals surface area contributed by atoms with Gasteiger partial charge in [0.1, 0.15) is 0 Å². The molecule has 0 aliphatic heterocycles. The van der Waals surface area contributed by atoms with Crippen LogP contribution in [0.1, 0.15) is 0 Å². The zero-order chi connectivity index (χ0) is 9.26. The zero-order valence-electron chi connectivity index (χ0n) is 6.93. The van der Waals surface area contributed by atoms with Gasteiger partial charge < -0.3 is 10.2 Å². The molecule has 2 rings (SSSR count). The number of aromatic nitrogens is 2. The molecule has 0 atom stereocenters. The number of nitrogens with two attached hydrogens (primary N) is 1. The first-order valence-corrected chi connectivity index (χ1v) is 3.97. The van der Waals surface area contributed by atoms with Crippen LogP contribution >= 0.6 is 0 Å². The van der Waals surface area contributed by atoms with Gasteiger partial charge in [-0.3, -0.25) is 4.57 Å². The number of oxazole rings is 1. The maximum absolute atomic E-state index is 11.2. The highest BCUT2D eigenvalue weighted by molar-refractivity contribution is 5.67. The smallest absolute Gasteiger partial charge is 0.406 e. The van der Waals surface area contributed by atoms with Crippen LogP contribution in [-0.4, -0.2) is 16.1 Å². The summed E-state index contributed by atoms with van der Waals surface area (Å²) >= 11 is 0. The molecule has 0 aliphatic carbocycles. The lowest BCUT2D eigenvalue weighted by molar-refractivity contribution is 0.507. The monoisotopic (exact) mass is 179 g/mol. The summed E-state index contributed by atoms with van der Waals surface area (Å²) in [5.74, 6) is -0.404. The minimum absolute atomic E-state index is 0.394. The molecule has 68 valence electrons. The molecule has 2 N–H and O–H groups in total. The minimum Gasteiger partial charge on any atom is -0.406 e. The fourth-order valence-corrected chi connectivity index (χ4v) is 1.23. The number of pyridine rings is 1. The molecular weight excluding hydrogens is 170 g/mol. The van der Waals surface area contributed by atoms with Gasteiger partial charge in [0.15, 0.2) is 11.2 Å². The lowest BCUT2D eigenvalue weighted by atomic mass is 10.4. The summed E-state index contributed by atoms with van der Waals surface area (Å²) < 4.78 is 6.37. The molecule has 2 aromatic heterocycles. The second-order valence-corrected chi connectivity index (χ2v) is 2.63. The van der Waals surface area contributed by atoms with Gasteiger partial charge in [-0.2, -0.15) is 0 Å². The predicted molar refractivity (Wildman–Crippen MR) is 47.3 cm³/mol. The molecule has 0 saturated carbocycles. The van der Waals surface area contributed by atoms with E-state index in [2.05, 4.69) is 4.98 Å². The molecule has 5 nitrogen and oxygen atoms in total. The normalized spacial score (nSPS) is 10.8.